The Hall–Kier alpha value is -1.37. The van der Waals surface area contributed by atoms with Gasteiger partial charge in [-0.05, 0) is 19.5 Å². The van der Waals surface area contributed by atoms with Crippen LogP contribution in [0.25, 0.3) is 0 Å². The van der Waals surface area contributed by atoms with Crippen molar-refractivity contribution in [3.63, 3.8) is 0 Å². The maximum atomic E-state index is 12.5. The van der Waals surface area contributed by atoms with Gasteiger partial charge in [-0.25, -0.2) is 9.97 Å². The van der Waals surface area contributed by atoms with E-state index >= 15 is 0 Å². The highest BCUT2D eigenvalue weighted by Gasteiger charge is 2.33. The smallest absolute Gasteiger partial charge is 0.339 e. The van der Waals surface area contributed by atoms with Crippen LogP contribution in [0, 0.1) is 0 Å². The van der Waals surface area contributed by atoms with Gasteiger partial charge in [0, 0.05) is 25.3 Å². The van der Waals surface area contributed by atoms with E-state index in [1.54, 1.807) is 4.90 Å². The van der Waals surface area contributed by atoms with Gasteiger partial charge in [-0.15, -0.1) is 0 Å². The van der Waals surface area contributed by atoms with E-state index in [0.717, 1.165) is 18.7 Å². The second kappa shape index (κ2) is 4.48. The summed E-state index contributed by atoms with van der Waals surface area (Å²) in [6.45, 7) is 1.31. The first-order chi connectivity index (χ1) is 8.00. The van der Waals surface area contributed by atoms with Crippen molar-refractivity contribution in [1.29, 1.82) is 0 Å². The number of halogens is 3. The molecule has 1 unspecified atom stereocenters. The van der Waals surface area contributed by atoms with Gasteiger partial charge >= 0.3 is 6.18 Å². The van der Waals surface area contributed by atoms with Gasteiger partial charge in [0.1, 0.15) is 5.69 Å². The molecule has 1 aromatic heterocycles. The van der Waals surface area contributed by atoms with E-state index in [2.05, 4.69) is 15.3 Å². The zero-order valence-electron chi connectivity index (χ0n) is 9.33. The minimum Gasteiger partial charge on any atom is -0.339 e. The first kappa shape index (κ1) is 12.1. The molecule has 2 heterocycles. The van der Waals surface area contributed by atoms with Crippen LogP contribution in [0.4, 0.5) is 19.1 Å². The number of likely N-dealkylation sites (N-methyl/N-ethyl adjacent to an activating group) is 1. The maximum absolute atomic E-state index is 12.5. The molecular weight excluding hydrogens is 233 g/mol. The number of nitrogens with zero attached hydrogens (tertiary/aromatic N) is 3. The lowest BCUT2D eigenvalue weighted by Crippen LogP contribution is -2.30. The summed E-state index contributed by atoms with van der Waals surface area (Å²) in [6.07, 6.45) is -2.38. The van der Waals surface area contributed by atoms with Crippen LogP contribution in [0.15, 0.2) is 12.3 Å². The fourth-order valence-electron chi connectivity index (χ4n) is 1.84. The summed E-state index contributed by atoms with van der Waals surface area (Å²) in [5.74, 6) is 0.151. The molecule has 0 saturated carbocycles. The van der Waals surface area contributed by atoms with Crippen LogP contribution in [0.3, 0.4) is 0 Å². The number of hydrogen-bond donors (Lipinski definition) is 1. The highest BCUT2D eigenvalue weighted by atomic mass is 19.4. The molecule has 1 atom stereocenters. The van der Waals surface area contributed by atoms with Crippen molar-refractivity contribution in [2.24, 2.45) is 0 Å². The van der Waals surface area contributed by atoms with Crippen LogP contribution < -0.4 is 10.2 Å². The molecule has 94 valence electrons. The number of alkyl halides is 3. The first-order valence-corrected chi connectivity index (χ1v) is 5.33. The summed E-state index contributed by atoms with van der Waals surface area (Å²) in [6, 6.07) is 1.17. The van der Waals surface area contributed by atoms with E-state index in [1.165, 1.54) is 0 Å². The zero-order chi connectivity index (χ0) is 12.5. The van der Waals surface area contributed by atoms with Crippen LogP contribution in [-0.4, -0.2) is 36.1 Å². The SMILES string of the molecule is CNC1CCN(c2nccc(C(F)(F)F)n2)C1. The molecule has 2 rings (SSSR count). The molecule has 0 bridgehead atoms. The molecule has 0 aliphatic carbocycles. The average Bonchev–Trinajstić information content (AvgIpc) is 2.76. The van der Waals surface area contributed by atoms with Gasteiger partial charge in [-0.2, -0.15) is 13.2 Å². The quantitative estimate of drug-likeness (QED) is 0.853. The predicted octanol–water partition coefficient (Wildman–Crippen LogP) is 1.29. The van der Waals surface area contributed by atoms with Gasteiger partial charge in [0.05, 0.1) is 0 Å². The standard InChI is InChI=1S/C10H13F3N4/c1-14-7-3-5-17(6-7)9-15-4-2-8(16-9)10(11,12)13/h2,4,7,14H,3,5-6H2,1H3. The third-order valence-electron chi connectivity index (χ3n) is 2.81. The fraction of sp³-hybridized carbons (Fsp3) is 0.600. The lowest BCUT2D eigenvalue weighted by atomic mass is 10.3. The molecule has 17 heavy (non-hydrogen) atoms. The molecule has 4 nitrogen and oxygen atoms in total. The molecule has 1 aliphatic rings. The van der Waals surface area contributed by atoms with Gasteiger partial charge in [-0.3, -0.25) is 0 Å². The van der Waals surface area contributed by atoms with Gasteiger partial charge in [0.25, 0.3) is 0 Å². The molecular formula is C10H13F3N4. The molecule has 7 heteroatoms. The van der Waals surface area contributed by atoms with Crippen LogP contribution in [0.2, 0.25) is 0 Å². The molecule has 1 saturated heterocycles. The van der Waals surface area contributed by atoms with Crippen molar-refractivity contribution in [2.45, 2.75) is 18.6 Å². The van der Waals surface area contributed by atoms with Crippen LogP contribution >= 0.6 is 0 Å². The Labute approximate surface area is 96.9 Å². The Balaban J connectivity index is 2.17. The van der Waals surface area contributed by atoms with Crippen molar-refractivity contribution >= 4 is 5.95 Å². The van der Waals surface area contributed by atoms with E-state index in [1.807, 2.05) is 7.05 Å². The molecule has 0 spiro atoms. The second-order valence-corrected chi connectivity index (χ2v) is 3.96. The Morgan fingerprint density at radius 1 is 1.47 bits per heavy atom. The Kier molecular flexibility index (Phi) is 3.19. The predicted molar refractivity (Wildman–Crippen MR) is 56.7 cm³/mol. The Bertz CT molecular complexity index is 393. The normalized spacial score (nSPS) is 20.9. The van der Waals surface area contributed by atoms with Gasteiger partial charge < -0.3 is 10.2 Å². The lowest BCUT2D eigenvalue weighted by molar-refractivity contribution is -0.141. The van der Waals surface area contributed by atoms with Crippen LogP contribution in [0.5, 0.6) is 0 Å². The third-order valence-corrected chi connectivity index (χ3v) is 2.81. The van der Waals surface area contributed by atoms with Gasteiger partial charge in [0.15, 0.2) is 0 Å². The minimum atomic E-state index is -4.42. The van der Waals surface area contributed by atoms with Crippen LogP contribution in [0.1, 0.15) is 12.1 Å². The minimum absolute atomic E-state index is 0.151. The highest BCUT2D eigenvalue weighted by Crippen LogP contribution is 2.28. The maximum Gasteiger partial charge on any atom is 0.433 e. The number of hydrogen-bond acceptors (Lipinski definition) is 4. The summed E-state index contributed by atoms with van der Waals surface area (Å²) in [4.78, 5) is 9.21. The second-order valence-electron chi connectivity index (χ2n) is 3.96. The van der Waals surface area contributed by atoms with Crippen molar-refractivity contribution in [1.82, 2.24) is 15.3 Å². The van der Waals surface area contributed by atoms with E-state index in [4.69, 9.17) is 0 Å². The van der Waals surface area contributed by atoms with Crippen molar-refractivity contribution in [2.75, 3.05) is 25.0 Å². The summed E-state index contributed by atoms with van der Waals surface area (Å²) in [7, 11) is 1.83. The summed E-state index contributed by atoms with van der Waals surface area (Å²) < 4.78 is 37.4. The topological polar surface area (TPSA) is 41.0 Å². The lowest BCUT2D eigenvalue weighted by Gasteiger charge is -2.17. The molecule has 1 fully saturated rings. The zero-order valence-corrected chi connectivity index (χ0v) is 9.33. The highest BCUT2D eigenvalue weighted by molar-refractivity contribution is 5.33. The summed E-state index contributed by atoms with van der Waals surface area (Å²) >= 11 is 0. The number of nitrogens with one attached hydrogen (secondary N) is 1. The molecule has 0 amide bonds. The van der Waals surface area contributed by atoms with Gasteiger partial charge in [0.2, 0.25) is 5.95 Å². The third kappa shape index (κ3) is 2.66. The van der Waals surface area contributed by atoms with Crippen molar-refractivity contribution < 1.29 is 13.2 Å². The van der Waals surface area contributed by atoms with Crippen molar-refractivity contribution in [3.8, 4) is 0 Å². The van der Waals surface area contributed by atoms with E-state index in [-0.39, 0.29) is 12.0 Å². The molecule has 0 radical (unpaired) electrons. The van der Waals surface area contributed by atoms with Crippen molar-refractivity contribution in [3.05, 3.63) is 18.0 Å². The van der Waals surface area contributed by atoms with Gasteiger partial charge in [-0.1, -0.05) is 0 Å². The average molecular weight is 246 g/mol. The summed E-state index contributed by atoms with van der Waals surface area (Å²) in [5.41, 5.74) is -0.893. The number of anilines is 1. The largest absolute Gasteiger partial charge is 0.433 e. The van der Waals surface area contributed by atoms with E-state index < -0.39 is 11.9 Å². The Morgan fingerprint density at radius 3 is 2.82 bits per heavy atom. The monoisotopic (exact) mass is 246 g/mol. The molecule has 1 N–H and O–H groups in total. The number of rotatable bonds is 2. The molecule has 1 aromatic rings. The number of aromatic nitrogens is 2. The summed E-state index contributed by atoms with van der Waals surface area (Å²) in [5, 5.41) is 3.09. The molecule has 1 aliphatic heterocycles. The fourth-order valence-corrected chi connectivity index (χ4v) is 1.84. The van der Waals surface area contributed by atoms with E-state index in [9.17, 15) is 13.2 Å². The first-order valence-electron chi connectivity index (χ1n) is 5.33. The van der Waals surface area contributed by atoms with E-state index in [0.29, 0.717) is 13.1 Å². The van der Waals surface area contributed by atoms with Crippen LogP contribution in [-0.2, 0) is 6.18 Å². The Morgan fingerprint density at radius 2 is 2.24 bits per heavy atom. The molecule has 0 aromatic carbocycles.